The van der Waals surface area contributed by atoms with Crippen LogP contribution in [0.15, 0.2) is 53.4 Å². The van der Waals surface area contributed by atoms with Crippen LogP contribution in [0, 0.1) is 13.8 Å². The van der Waals surface area contributed by atoms with Crippen molar-refractivity contribution in [3.05, 3.63) is 71.0 Å². The van der Waals surface area contributed by atoms with Crippen LogP contribution in [-0.2, 0) is 23.0 Å². The van der Waals surface area contributed by atoms with Gasteiger partial charge in [-0.05, 0) is 62.6 Å². The number of carbonyl (C=O) groups excluding carboxylic acids is 1. The van der Waals surface area contributed by atoms with Gasteiger partial charge >= 0.3 is 0 Å². The normalized spacial score (nSPS) is 13.1. The number of aryl methyl sites for hydroxylation is 3. The predicted molar refractivity (Wildman–Crippen MR) is 126 cm³/mol. The summed E-state index contributed by atoms with van der Waals surface area (Å²) in [6.45, 7) is 5.42. The zero-order chi connectivity index (χ0) is 23.6. The molecule has 0 spiro atoms. The van der Waals surface area contributed by atoms with Crippen molar-refractivity contribution in [3.8, 4) is 5.75 Å². The minimum absolute atomic E-state index is 0.0628. The van der Waals surface area contributed by atoms with Crippen molar-refractivity contribution in [3.63, 3.8) is 0 Å². The Labute approximate surface area is 194 Å². The van der Waals surface area contributed by atoms with Gasteiger partial charge in [-0.3, -0.25) is 13.8 Å². The molecule has 0 bridgehead atoms. The van der Waals surface area contributed by atoms with Crippen LogP contribution in [0.25, 0.3) is 0 Å². The molecule has 0 fully saturated rings. The number of anilines is 1. The first-order valence-electron chi connectivity index (χ1n) is 10.9. The Bertz CT molecular complexity index is 1280. The summed E-state index contributed by atoms with van der Waals surface area (Å²) in [6.07, 6.45) is 1.35. The molecule has 1 aromatic heterocycles. The standard InChI is InChI=1S/C24H28N4O4S/c1-17-15-18(2)27(26-17)13-6-12-25-24(29)21-16-20(9-10-23(21)32-3)33(30,31)28-14-11-19-7-4-5-8-22(19)28/h4-5,7-10,15-16H,6,11-14H2,1-3H3,(H,25,29). The lowest BCUT2D eigenvalue weighted by molar-refractivity contribution is 0.0949. The summed E-state index contributed by atoms with van der Waals surface area (Å²) in [4.78, 5) is 12.9. The number of para-hydroxylation sites is 1. The summed E-state index contributed by atoms with van der Waals surface area (Å²) >= 11 is 0. The summed E-state index contributed by atoms with van der Waals surface area (Å²) in [5.41, 5.74) is 3.90. The van der Waals surface area contributed by atoms with Crippen LogP contribution in [0.1, 0.15) is 33.7 Å². The third kappa shape index (κ3) is 4.59. The fourth-order valence-electron chi connectivity index (χ4n) is 4.14. The summed E-state index contributed by atoms with van der Waals surface area (Å²) < 4.78 is 35.4. The van der Waals surface area contributed by atoms with Gasteiger partial charge in [0.2, 0.25) is 0 Å². The molecule has 0 radical (unpaired) electrons. The van der Waals surface area contributed by atoms with Gasteiger partial charge in [0.15, 0.2) is 0 Å². The molecular formula is C24H28N4O4S. The summed E-state index contributed by atoms with van der Waals surface area (Å²) in [5, 5.41) is 7.28. The highest BCUT2D eigenvalue weighted by Crippen LogP contribution is 2.33. The molecule has 33 heavy (non-hydrogen) atoms. The molecule has 2 heterocycles. The van der Waals surface area contributed by atoms with Gasteiger partial charge in [0.1, 0.15) is 5.75 Å². The summed E-state index contributed by atoms with van der Waals surface area (Å²) in [6, 6.07) is 13.9. The number of rotatable bonds is 8. The zero-order valence-corrected chi connectivity index (χ0v) is 19.9. The van der Waals surface area contributed by atoms with Gasteiger partial charge in [-0.2, -0.15) is 5.10 Å². The maximum Gasteiger partial charge on any atom is 0.264 e. The number of methoxy groups -OCH3 is 1. The van der Waals surface area contributed by atoms with Crippen molar-refractivity contribution in [2.75, 3.05) is 24.5 Å². The number of amides is 1. The number of aromatic nitrogens is 2. The minimum Gasteiger partial charge on any atom is -0.496 e. The SMILES string of the molecule is COc1ccc(S(=O)(=O)N2CCc3ccccc32)cc1C(=O)NCCCn1nc(C)cc1C. The van der Waals surface area contributed by atoms with E-state index >= 15 is 0 Å². The van der Waals surface area contributed by atoms with E-state index < -0.39 is 10.0 Å². The first kappa shape index (κ1) is 22.8. The van der Waals surface area contributed by atoms with E-state index in [9.17, 15) is 13.2 Å². The molecule has 1 aliphatic rings. The topological polar surface area (TPSA) is 93.5 Å². The molecule has 1 N–H and O–H groups in total. The molecule has 0 saturated carbocycles. The summed E-state index contributed by atoms with van der Waals surface area (Å²) in [5.74, 6) is -0.0501. The Morgan fingerprint density at radius 2 is 1.94 bits per heavy atom. The third-order valence-corrected chi connectivity index (χ3v) is 7.59. The fraction of sp³-hybridized carbons (Fsp3) is 0.333. The average molecular weight is 469 g/mol. The van der Waals surface area contributed by atoms with Crippen molar-refractivity contribution in [1.82, 2.24) is 15.1 Å². The van der Waals surface area contributed by atoms with Gasteiger partial charge in [-0.25, -0.2) is 8.42 Å². The van der Waals surface area contributed by atoms with Gasteiger partial charge in [0.05, 0.1) is 29.0 Å². The largest absolute Gasteiger partial charge is 0.496 e. The number of hydrogen-bond donors (Lipinski definition) is 1. The van der Waals surface area contributed by atoms with E-state index in [1.807, 2.05) is 42.8 Å². The quantitative estimate of drug-likeness (QED) is 0.513. The van der Waals surface area contributed by atoms with Crippen LogP contribution < -0.4 is 14.4 Å². The number of nitrogens with zero attached hydrogens (tertiary/aromatic N) is 3. The molecule has 0 aliphatic carbocycles. The minimum atomic E-state index is -3.81. The molecule has 4 rings (SSSR count). The van der Waals surface area contributed by atoms with Crippen LogP contribution in [-0.4, -0.2) is 44.3 Å². The van der Waals surface area contributed by atoms with Crippen LogP contribution in [0.2, 0.25) is 0 Å². The molecule has 9 heteroatoms. The molecule has 0 saturated heterocycles. The molecular weight excluding hydrogens is 440 g/mol. The van der Waals surface area contributed by atoms with Gasteiger partial charge < -0.3 is 10.1 Å². The number of hydrogen-bond acceptors (Lipinski definition) is 5. The Morgan fingerprint density at radius 1 is 1.15 bits per heavy atom. The second kappa shape index (κ2) is 9.27. The van der Waals surface area contributed by atoms with Gasteiger partial charge in [0.25, 0.3) is 15.9 Å². The van der Waals surface area contributed by atoms with Crippen molar-refractivity contribution in [2.24, 2.45) is 0 Å². The molecule has 0 unspecified atom stereocenters. The van der Waals surface area contributed by atoms with Crippen LogP contribution in [0.3, 0.4) is 0 Å². The molecule has 0 atom stereocenters. The van der Waals surface area contributed by atoms with Crippen molar-refractivity contribution in [2.45, 2.75) is 38.1 Å². The predicted octanol–water partition coefficient (Wildman–Crippen LogP) is 3.08. The Hall–Kier alpha value is -3.33. The van der Waals surface area contributed by atoms with E-state index in [2.05, 4.69) is 10.4 Å². The molecule has 174 valence electrons. The second-order valence-electron chi connectivity index (χ2n) is 8.08. The van der Waals surface area contributed by atoms with E-state index in [1.54, 1.807) is 6.07 Å². The van der Waals surface area contributed by atoms with Crippen LogP contribution in [0.5, 0.6) is 5.75 Å². The third-order valence-electron chi connectivity index (χ3n) is 5.78. The van der Waals surface area contributed by atoms with Crippen molar-refractivity contribution < 1.29 is 17.9 Å². The molecule has 1 aliphatic heterocycles. The lowest BCUT2D eigenvalue weighted by atomic mass is 10.2. The Morgan fingerprint density at radius 3 is 2.67 bits per heavy atom. The number of carbonyl (C=O) groups is 1. The monoisotopic (exact) mass is 468 g/mol. The van der Waals surface area contributed by atoms with E-state index in [1.165, 1.54) is 29.6 Å². The highest BCUT2D eigenvalue weighted by molar-refractivity contribution is 7.92. The molecule has 8 nitrogen and oxygen atoms in total. The number of benzene rings is 2. The first-order valence-corrected chi connectivity index (χ1v) is 12.3. The summed E-state index contributed by atoms with van der Waals surface area (Å²) in [7, 11) is -2.35. The van der Waals surface area contributed by atoms with Crippen molar-refractivity contribution >= 4 is 21.6 Å². The smallest absolute Gasteiger partial charge is 0.264 e. The highest BCUT2D eigenvalue weighted by atomic mass is 32.2. The second-order valence-corrected chi connectivity index (χ2v) is 9.94. The van der Waals surface area contributed by atoms with Crippen LogP contribution >= 0.6 is 0 Å². The van der Waals surface area contributed by atoms with Gasteiger partial charge in [-0.1, -0.05) is 18.2 Å². The fourth-order valence-corrected chi connectivity index (χ4v) is 5.67. The first-order chi connectivity index (χ1) is 15.8. The number of nitrogens with one attached hydrogen (secondary N) is 1. The van der Waals surface area contributed by atoms with Crippen LogP contribution in [0.4, 0.5) is 5.69 Å². The van der Waals surface area contributed by atoms with E-state index in [-0.39, 0.29) is 16.4 Å². The Kier molecular flexibility index (Phi) is 6.42. The lowest BCUT2D eigenvalue weighted by Crippen LogP contribution is -2.30. The highest BCUT2D eigenvalue weighted by Gasteiger charge is 2.31. The van der Waals surface area contributed by atoms with E-state index in [4.69, 9.17) is 4.74 Å². The Balaban J connectivity index is 1.49. The lowest BCUT2D eigenvalue weighted by Gasteiger charge is -2.20. The maximum atomic E-state index is 13.4. The number of ether oxygens (including phenoxy) is 1. The van der Waals surface area contributed by atoms with Gasteiger partial charge in [-0.15, -0.1) is 0 Å². The maximum absolute atomic E-state index is 13.4. The number of fused-ring (bicyclic) bond motifs is 1. The van der Waals surface area contributed by atoms with E-state index in [0.717, 1.165) is 17.0 Å². The average Bonchev–Trinajstić information content (AvgIpc) is 3.38. The van der Waals surface area contributed by atoms with E-state index in [0.29, 0.717) is 43.9 Å². The van der Waals surface area contributed by atoms with Gasteiger partial charge in [0, 0.05) is 25.3 Å². The van der Waals surface area contributed by atoms with Crippen molar-refractivity contribution in [1.29, 1.82) is 0 Å². The number of sulfonamides is 1. The molecule has 2 aromatic carbocycles. The zero-order valence-electron chi connectivity index (χ0n) is 19.0. The molecule has 1 amide bonds. The molecule has 3 aromatic rings.